The molecule has 0 aliphatic carbocycles. The van der Waals surface area contributed by atoms with Crippen LogP contribution in [-0.4, -0.2) is 57.5 Å². The van der Waals surface area contributed by atoms with Crippen LogP contribution >= 0.6 is 11.6 Å². The van der Waals surface area contributed by atoms with Gasteiger partial charge in [-0.25, -0.2) is 0 Å². The molecule has 114 valence electrons. The molecule has 1 atom stereocenters. The van der Waals surface area contributed by atoms with Gasteiger partial charge in [-0.15, -0.1) is 0 Å². The van der Waals surface area contributed by atoms with E-state index in [0.717, 1.165) is 13.0 Å². The lowest BCUT2D eigenvalue weighted by atomic mass is 10.2. The number of amides is 1. The second-order valence-corrected chi connectivity index (χ2v) is 5.92. The fraction of sp³-hybridized carbons (Fsp3) is 0.692. The average Bonchev–Trinajstić information content (AvgIpc) is 2.78. The van der Waals surface area contributed by atoms with E-state index in [4.69, 9.17) is 16.3 Å². The van der Waals surface area contributed by atoms with Gasteiger partial charge in [-0.2, -0.15) is 15.0 Å². The third-order valence-electron chi connectivity index (χ3n) is 3.69. The number of piperazine rings is 1. The Morgan fingerprint density at radius 3 is 2.86 bits per heavy atom. The van der Waals surface area contributed by atoms with Gasteiger partial charge in [0.15, 0.2) is 0 Å². The van der Waals surface area contributed by atoms with Crippen LogP contribution in [0.15, 0.2) is 0 Å². The van der Waals surface area contributed by atoms with Gasteiger partial charge in [-0.3, -0.25) is 4.79 Å². The highest BCUT2D eigenvalue weighted by Gasteiger charge is 2.36. The number of halogens is 1. The van der Waals surface area contributed by atoms with Gasteiger partial charge in [0.25, 0.3) is 0 Å². The van der Waals surface area contributed by atoms with Crippen LogP contribution in [-0.2, 0) is 4.79 Å². The summed E-state index contributed by atoms with van der Waals surface area (Å²) in [6, 6.07) is 0.487. The third-order valence-corrected chi connectivity index (χ3v) is 3.86. The Kier molecular flexibility index (Phi) is 3.84. The number of aromatic nitrogens is 3. The van der Waals surface area contributed by atoms with Crippen LogP contribution in [0.3, 0.4) is 0 Å². The molecule has 0 bridgehead atoms. The molecule has 2 saturated heterocycles. The zero-order chi connectivity index (χ0) is 15.0. The van der Waals surface area contributed by atoms with E-state index in [0.29, 0.717) is 25.5 Å². The second-order valence-electron chi connectivity index (χ2n) is 5.58. The molecule has 8 heteroatoms. The first kappa shape index (κ1) is 14.3. The van der Waals surface area contributed by atoms with Crippen LogP contribution in [0.4, 0.5) is 5.95 Å². The van der Waals surface area contributed by atoms with Gasteiger partial charge < -0.3 is 14.5 Å². The molecule has 3 rings (SSSR count). The number of anilines is 1. The van der Waals surface area contributed by atoms with Crippen molar-refractivity contribution < 1.29 is 9.53 Å². The first-order valence-corrected chi connectivity index (χ1v) is 7.53. The largest absolute Gasteiger partial charge is 0.461 e. The summed E-state index contributed by atoms with van der Waals surface area (Å²) in [4.78, 5) is 28.2. The summed E-state index contributed by atoms with van der Waals surface area (Å²) >= 11 is 5.95. The minimum atomic E-state index is -0.0272. The normalized spacial score (nSPS) is 21.9. The molecule has 2 fully saturated rings. The summed E-state index contributed by atoms with van der Waals surface area (Å²) in [6.45, 7) is 5.94. The van der Waals surface area contributed by atoms with E-state index in [1.165, 1.54) is 0 Å². The zero-order valence-electron chi connectivity index (χ0n) is 12.1. The molecule has 3 heterocycles. The topological polar surface area (TPSA) is 71.5 Å². The Morgan fingerprint density at radius 2 is 2.10 bits per heavy atom. The van der Waals surface area contributed by atoms with Gasteiger partial charge in [-0.1, -0.05) is 0 Å². The van der Waals surface area contributed by atoms with E-state index in [2.05, 4.69) is 15.0 Å². The van der Waals surface area contributed by atoms with Crippen molar-refractivity contribution in [3.05, 3.63) is 5.28 Å². The summed E-state index contributed by atoms with van der Waals surface area (Å²) in [5, 5.41) is 0.126. The molecular formula is C13H18ClN5O2. The quantitative estimate of drug-likeness (QED) is 0.833. The van der Waals surface area contributed by atoms with E-state index in [1.807, 2.05) is 23.6 Å². The molecule has 2 aliphatic rings. The molecule has 21 heavy (non-hydrogen) atoms. The third kappa shape index (κ3) is 3.02. The smallest absolute Gasteiger partial charge is 0.322 e. The maximum absolute atomic E-state index is 11.7. The number of carbonyl (C=O) groups is 1. The van der Waals surface area contributed by atoms with Gasteiger partial charge in [0.2, 0.25) is 17.1 Å². The lowest BCUT2D eigenvalue weighted by Gasteiger charge is -2.37. The van der Waals surface area contributed by atoms with E-state index >= 15 is 0 Å². The summed E-state index contributed by atoms with van der Waals surface area (Å²) in [5.74, 6) is 0.766. The maximum atomic E-state index is 11.7. The standard InChI is InChI=1S/C13H18ClN5O2/c1-8(2)21-13-16-11(14)15-12(17-13)18-5-6-19-9(7-18)3-4-10(19)20/h8-9H,3-7H2,1-2H3. The lowest BCUT2D eigenvalue weighted by Crippen LogP contribution is -2.52. The van der Waals surface area contributed by atoms with Crippen molar-refractivity contribution in [2.75, 3.05) is 24.5 Å². The fourth-order valence-corrected chi connectivity index (χ4v) is 2.92. The lowest BCUT2D eigenvalue weighted by molar-refractivity contribution is -0.129. The van der Waals surface area contributed by atoms with Crippen molar-refractivity contribution in [2.24, 2.45) is 0 Å². The van der Waals surface area contributed by atoms with E-state index in [9.17, 15) is 4.79 Å². The Balaban J connectivity index is 1.78. The van der Waals surface area contributed by atoms with Crippen molar-refractivity contribution in [2.45, 2.75) is 38.8 Å². The molecule has 1 aromatic heterocycles. The van der Waals surface area contributed by atoms with Crippen LogP contribution in [0.2, 0.25) is 5.28 Å². The van der Waals surface area contributed by atoms with E-state index < -0.39 is 0 Å². The highest BCUT2D eigenvalue weighted by molar-refractivity contribution is 6.28. The van der Waals surface area contributed by atoms with Gasteiger partial charge in [0.1, 0.15) is 0 Å². The summed E-state index contributed by atoms with van der Waals surface area (Å²) in [6.07, 6.45) is 1.50. The number of ether oxygens (including phenoxy) is 1. The second kappa shape index (κ2) is 5.63. The molecule has 0 N–H and O–H groups in total. The SMILES string of the molecule is CC(C)Oc1nc(Cl)nc(N2CCN3C(=O)CCC3C2)n1. The Hall–Kier alpha value is -1.63. The fourth-order valence-electron chi connectivity index (χ4n) is 2.77. The van der Waals surface area contributed by atoms with Crippen LogP contribution in [0.1, 0.15) is 26.7 Å². The highest BCUT2D eigenvalue weighted by atomic mass is 35.5. The van der Waals surface area contributed by atoms with Gasteiger partial charge in [-0.05, 0) is 31.9 Å². The van der Waals surface area contributed by atoms with Gasteiger partial charge in [0, 0.05) is 32.1 Å². The maximum Gasteiger partial charge on any atom is 0.322 e. The summed E-state index contributed by atoms with van der Waals surface area (Å²) in [7, 11) is 0. The van der Waals surface area contributed by atoms with E-state index in [1.54, 1.807) is 0 Å². The molecule has 1 aromatic rings. The number of carbonyl (C=O) groups excluding carboxylic acids is 1. The average molecular weight is 312 g/mol. The highest BCUT2D eigenvalue weighted by Crippen LogP contribution is 2.25. The molecule has 0 spiro atoms. The number of hydrogen-bond donors (Lipinski definition) is 0. The van der Waals surface area contributed by atoms with Crippen molar-refractivity contribution in [3.8, 4) is 6.01 Å². The Bertz CT molecular complexity index is 553. The van der Waals surface area contributed by atoms with Crippen LogP contribution < -0.4 is 9.64 Å². The van der Waals surface area contributed by atoms with Crippen LogP contribution in [0.5, 0.6) is 6.01 Å². The van der Waals surface area contributed by atoms with Crippen LogP contribution in [0, 0.1) is 0 Å². The van der Waals surface area contributed by atoms with Crippen molar-refractivity contribution >= 4 is 23.5 Å². The molecular weight excluding hydrogens is 294 g/mol. The van der Waals surface area contributed by atoms with Crippen LogP contribution in [0.25, 0.3) is 0 Å². The summed E-state index contributed by atoms with van der Waals surface area (Å²) < 4.78 is 5.49. The molecule has 0 radical (unpaired) electrons. The molecule has 0 aromatic carbocycles. The molecule has 7 nitrogen and oxygen atoms in total. The summed E-state index contributed by atoms with van der Waals surface area (Å²) in [5.41, 5.74) is 0. The number of fused-ring (bicyclic) bond motifs is 1. The molecule has 1 amide bonds. The number of rotatable bonds is 3. The Morgan fingerprint density at radius 1 is 1.29 bits per heavy atom. The van der Waals surface area contributed by atoms with E-state index in [-0.39, 0.29) is 29.3 Å². The van der Waals surface area contributed by atoms with Crippen molar-refractivity contribution in [3.63, 3.8) is 0 Å². The number of nitrogens with zero attached hydrogens (tertiary/aromatic N) is 5. The first-order valence-electron chi connectivity index (χ1n) is 7.15. The molecule has 2 aliphatic heterocycles. The van der Waals surface area contributed by atoms with Crippen molar-refractivity contribution in [1.29, 1.82) is 0 Å². The zero-order valence-corrected chi connectivity index (χ0v) is 12.9. The predicted octanol–water partition coefficient (Wildman–Crippen LogP) is 1.12. The first-order chi connectivity index (χ1) is 10.0. The minimum absolute atomic E-state index is 0.0272. The van der Waals surface area contributed by atoms with Gasteiger partial charge in [0.05, 0.1) is 6.10 Å². The molecule has 0 saturated carbocycles. The predicted molar refractivity (Wildman–Crippen MR) is 77.5 cm³/mol. The molecule has 1 unspecified atom stereocenters. The Labute approximate surface area is 128 Å². The number of hydrogen-bond acceptors (Lipinski definition) is 6. The van der Waals surface area contributed by atoms with Crippen molar-refractivity contribution in [1.82, 2.24) is 19.9 Å². The minimum Gasteiger partial charge on any atom is -0.461 e. The van der Waals surface area contributed by atoms with Gasteiger partial charge >= 0.3 is 6.01 Å². The monoisotopic (exact) mass is 311 g/mol.